The van der Waals surface area contributed by atoms with E-state index in [0.29, 0.717) is 6.04 Å². The Morgan fingerprint density at radius 3 is 2.94 bits per heavy atom. The van der Waals surface area contributed by atoms with Crippen molar-refractivity contribution < 1.29 is 0 Å². The SMILES string of the molecule is CCCC(NCc1cnccc1C)c1cccs1. The topological polar surface area (TPSA) is 24.9 Å². The Balaban J connectivity index is 2.00. The fraction of sp³-hybridized carbons (Fsp3) is 0.400. The van der Waals surface area contributed by atoms with Gasteiger partial charge < -0.3 is 5.32 Å². The lowest BCUT2D eigenvalue weighted by Crippen LogP contribution is -2.20. The maximum Gasteiger partial charge on any atom is 0.0417 e. The Labute approximate surface area is 113 Å². The van der Waals surface area contributed by atoms with Gasteiger partial charge in [-0.2, -0.15) is 0 Å². The normalized spacial score (nSPS) is 12.6. The minimum atomic E-state index is 0.467. The van der Waals surface area contributed by atoms with Crippen LogP contribution in [0.1, 0.15) is 41.8 Å². The highest BCUT2D eigenvalue weighted by Crippen LogP contribution is 2.23. The molecule has 0 radical (unpaired) electrons. The molecule has 3 heteroatoms. The van der Waals surface area contributed by atoms with Gasteiger partial charge in [0.1, 0.15) is 0 Å². The van der Waals surface area contributed by atoms with Gasteiger partial charge >= 0.3 is 0 Å². The maximum absolute atomic E-state index is 4.19. The van der Waals surface area contributed by atoms with Crippen LogP contribution in [-0.2, 0) is 6.54 Å². The molecule has 0 bridgehead atoms. The molecular weight excluding hydrogens is 240 g/mol. The molecule has 2 nitrogen and oxygen atoms in total. The van der Waals surface area contributed by atoms with E-state index in [1.807, 2.05) is 23.7 Å². The van der Waals surface area contributed by atoms with E-state index in [9.17, 15) is 0 Å². The Morgan fingerprint density at radius 2 is 2.28 bits per heavy atom. The molecule has 0 fully saturated rings. The molecule has 0 aliphatic carbocycles. The third-order valence-corrected chi connectivity index (χ3v) is 4.14. The summed E-state index contributed by atoms with van der Waals surface area (Å²) in [5.74, 6) is 0. The van der Waals surface area contributed by atoms with Crippen molar-refractivity contribution in [1.29, 1.82) is 0 Å². The second-order valence-electron chi connectivity index (χ2n) is 4.54. The summed E-state index contributed by atoms with van der Waals surface area (Å²) in [7, 11) is 0. The van der Waals surface area contributed by atoms with Crippen LogP contribution in [0.4, 0.5) is 0 Å². The largest absolute Gasteiger partial charge is 0.305 e. The number of rotatable bonds is 6. The number of thiophene rings is 1. The molecule has 2 rings (SSSR count). The molecule has 0 amide bonds. The van der Waals surface area contributed by atoms with Crippen LogP contribution in [-0.4, -0.2) is 4.98 Å². The summed E-state index contributed by atoms with van der Waals surface area (Å²) in [6.45, 7) is 5.26. The van der Waals surface area contributed by atoms with Gasteiger partial charge in [-0.25, -0.2) is 0 Å². The van der Waals surface area contributed by atoms with E-state index in [4.69, 9.17) is 0 Å². The molecule has 0 saturated carbocycles. The highest BCUT2D eigenvalue weighted by molar-refractivity contribution is 7.10. The second kappa shape index (κ2) is 6.66. The van der Waals surface area contributed by atoms with Crippen molar-refractivity contribution in [1.82, 2.24) is 10.3 Å². The van der Waals surface area contributed by atoms with Crippen molar-refractivity contribution in [2.24, 2.45) is 0 Å². The molecule has 2 aromatic rings. The number of nitrogens with one attached hydrogen (secondary N) is 1. The highest BCUT2D eigenvalue weighted by atomic mass is 32.1. The molecule has 0 aliphatic rings. The maximum atomic E-state index is 4.19. The number of pyridine rings is 1. The fourth-order valence-electron chi connectivity index (χ4n) is 2.04. The average Bonchev–Trinajstić information content (AvgIpc) is 2.90. The Hall–Kier alpha value is -1.19. The minimum absolute atomic E-state index is 0.467. The zero-order valence-corrected chi connectivity index (χ0v) is 11.8. The van der Waals surface area contributed by atoms with E-state index in [1.165, 1.54) is 28.8 Å². The molecule has 0 aliphatic heterocycles. The highest BCUT2D eigenvalue weighted by Gasteiger charge is 2.11. The smallest absolute Gasteiger partial charge is 0.0417 e. The molecule has 1 unspecified atom stereocenters. The number of aromatic nitrogens is 1. The van der Waals surface area contributed by atoms with Crippen LogP contribution in [0.2, 0.25) is 0 Å². The lowest BCUT2D eigenvalue weighted by atomic mass is 10.1. The van der Waals surface area contributed by atoms with Gasteiger partial charge in [0, 0.05) is 29.9 Å². The van der Waals surface area contributed by atoms with Crippen molar-refractivity contribution in [2.75, 3.05) is 0 Å². The fourth-order valence-corrected chi connectivity index (χ4v) is 2.87. The zero-order chi connectivity index (χ0) is 12.8. The van der Waals surface area contributed by atoms with Gasteiger partial charge in [-0.1, -0.05) is 19.4 Å². The van der Waals surface area contributed by atoms with Crippen molar-refractivity contribution in [3.8, 4) is 0 Å². The first-order valence-corrected chi connectivity index (χ1v) is 7.35. The van der Waals surface area contributed by atoms with Crippen LogP contribution in [0.3, 0.4) is 0 Å². The predicted molar refractivity (Wildman–Crippen MR) is 77.8 cm³/mol. The van der Waals surface area contributed by atoms with E-state index in [2.05, 4.69) is 47.7 Å². The molecule has 1 N–H and O–H groups in total. The van der Waals surface area contributed by atoms with Crippen LogP contribution >= 0.6 is 11.3 Å². The number of hydrogen-bond acceptors (Lipinski definition) is 3. The third kappa shape index (κ3) is 3.40. The summed E-state index contributed by atoms with van der Waals surface area (Å²) in [5.41, 5.74) is 2.59. The third-order valence-electron chi connectivity index (χ3n) is 3.15. The summed E-state index contributed by atoms with van der Waals surface area (Å²) in [4.78, 5) is 5.62. The summed E-state index contributed by atoms with van der Waals surface area (Å²) < 4.78 is 0. The Morgan fingerprint density at radius 1 is 1.39 bits per heavy atom. The summed E-state index contributed by atoms with van der Waals surface area (Å²) in [5, 5.41) is 5.80. The first-order valence-electron chi connectivity index (χ1n) is 6.47. The van der Waals surface area contributed by atoms with E-state index >= 15 is 0 Å². The van der Waals surface area contributed by atoms with E-state index < -0.39 is 0 Å². The molecule has 96 valence electrons. The number of aryl methyl sites for hydroxylation is 1. The standard InChI is InChI=1S/C15H20N2S/c1-3-5-14(15-6-4-9-18-15)17-11-13-10-16-8-7-12(13)2/h4,6-10,14,17H,3,5,11H2,1-2H3. The number of nitrogens with zero attached hydrogens (tertiary/aromatic N) is 1. The minimum Gasteiger partial charge on any atom is -0.305 e. The van der Waals surface area contributed by atoms with Crippen molar-refractivity contribution in [3.05, 3.63) is 52.0 Å². The average molecular weight is 260 g/mol. The molecular formula is C15H20N2S. The van der Waals surface area contributed by atoms with Gasteiger partial charge in [0.05, 0.1) is 0 Å². The van der Waals surface area contributed by atoms with Gasteiger partial charge in [-0.3, -0.25) is 4.98 Å². The van der Waals surface area contributed by atoms with Crippen LogP contribution in [0.15, 0.2) is 36.0 Å². The Bertz CT molecular complexity index is 465. The van der Waals surface area contributed by atoms with Crippen LogP contribution in [0, 0.1) is 6.92 Å². The zero-order valence-electron chi connectivity index (χ0n) is 11.0. The first-order chi connectivity index (χ1) is 8.81. The lowest BCUT2D eigenvalue weighted by molar-refractivity contribution is 0.499. The summed E-state index contributed by atoms with van der Waals surface area (Å²) in [6, 6.07) is 6.87. The molecule has 2 heterocycles. The summed E-state index contributed by atoms with van der Waals surface area (Å²) in [6.07, 6.45) is 6.18. The van der Waals surface area contributed by atoms with Gasteiger partial charge in [0.25, 0.3) is 0 Å². The monoisotopic (exact) mass is 260 g/mol. The van der Waals surface area contributed by atoms with Crippen LogP contribution < -0.4 is 5.32 Å². The summed E-state index contributed by atoms with van der Waals surface area (Å²) >= 11 is 1.83. The van der Waals surface area contributed by atoms with E-state index in [0.717, 1.165) is 6.54 Å². The van der Waals surface area contributed by atoms with Crippen molar-refractivity contribution in [3.63, 3.8) is 0 Å². The van der Waals surface area contributed by atoms with Crippen LogP contribution in [0.5, 0.6) is 0 Å². The second-order valence-corrected chi connectivity index (χ2v) is 5.52. The molecule has 0 aromatic carbocycles. The van der Waals surface area contributed by atoms with Gasteiger partial charge in [0.2, 0.25) is 0 Å². The van der Waals surface area contributed by atoms with Gasteiger partial charge in [-0.15, -0.1) is 11.3 Å². The van der Waals surface area contributed by atoms with Gasteiger partial charge in [0.15, 0.2) is 0 Å². The van der Waals surface area contributed by atoms with Gasteiger partial charge in [-0.05, 0) is 42.0 Å². The lowest BCUT2D eigenvalue weighted by Gasteiger charge is -2.17. The predicted octanol–water partition coefficient (Wildman–Crippen LogP) is 4.08. The molecule has 1 atom stereocenters. The van der Waals surface area contributed by atoms with Crippen molar-refractivity contribution >= 4 is 11.3 Å². The Kier molecular flexibility index (Phi) is 4.90. The molecule has 0 spiro atoms. The van der Waals surface area contributed by atoms with E-state index in [1.54, 1.807) is 0 Å². The quantitative estimate of drug-likeness (QED) is 0.846. The number of hydrogen-bond donors (Lipinski definition) is 1. The molecule has 0 saturated heterocycles. The molecule has 2 aromatic heterocycles. The van der Waals surface area contributed by atoms with Crippen molar-refractivity contribution in [2.45, 2.75) is 39.3 Å². The molecule has 18 heavy (non-hydrogen) atoms. The van der Waals surface area contributed by atoms with E-state index in [-0.39, 0.29) is 0 Å². The van der Waals surface area contributed by atoms with Crippen LogP contribution in [0.25, 0.3) is 0 Å². The first kappa shape index (κ1) is 13.2.